The SMILES string of the molecule is c1ccc(-c2ccc(-c3cc(-c4ccc(-c5c(-c6ccccc6)c(-c6ccccc6)nc(-c6ccccc6)c5-c5ccccc5)cc4)nc(-c4ccccc4)n3)cc2)cc1. The van der Waals surface area contributed by atoms with Gasteiger partial charge in [0.15, 0.2) is 5.82 Å². The fraction of sp³-hybridized carbons (Fsp3) is 0. The molecule has 0 unspecified atom stereocenters. The Bertz CT molecular complexity index is 2910. The maximum atomic E-state index is 5.60. The second-order valence-corrected chi connectivity index (χ2v) is 14.7. The van der Waals surface area contributed by atoms with Gasteiger partial charge in [-0.25, -0.2) is 15.0 Å². The molecule has 0 saturated carbocycles. The summed E-state index contributed by atoms with van der Waals surface area (Å²) in [6, 6.07) is 82.8. The van der Waals surface area contributed by atoms with E-state index in [9.17, 15) is 0 Å². The number of nitrogens with zero attached hydrogens (tertiary/aromatic N) is 3. The molecule has 2 aromatic heterocycles. The Morgan fingerprint density at radius 2 is 0.483 bits per heavy atom. The van der Waals surface area contributed by atoms with E-state index < -0.39 is 0 Å². The van der Waals surface area contributed by atoms with Gasteiger partial charge >= 0.3 is 0 Å². The molecule has 0 saturated heterocycles. The largest absolute Gasteiger partial charge is 0.246 e. The van der Waals surface area contributed by atoms with Crippen LogP contribution >= 0.6 is 0 Å². The first-order valence-corrected chi connectivity index (χ1v) is 20.3. The van der Waals surface area contributed by atoms with E-state index in [1.165, 1.54) is 11.1 Å². The molecule has 0 aliphatic heterocycles. The first-order chi connectivity index (χ1) is 29.8. The van der Waals surface area contributed by atoms with Crippen molar-refractivity contribution in [3.05, 3.63) is 237 Å². The van der Waals surface area contributed by atoms with Gasteiger partial charge in [0.25, 0.3) is 0 Å². The maximum Gasteiger partial charge on any atom is 0.160 e. The van der Waals surface area contributed by atoms with Gasteiger partial charge in [-0.1, -0.05) is 231 Å². The highest BCUT2D eigenvalue weighted by atomic mass is 14.9. The van der Waals surface area contributed by atoms with Crippen LogP contribution in [0.1, 0.15) is 0 Å². The standard InChI is InChI=1S/C57H39N3/c1-7-19-40(20-8-1)41-31-33-42(34-32-41)50-39-51(59-57(58-50)49-29-17-6-18-30-49)43-35-37-46(38-36-43)52-53(44-21-9-2-10-22-44)55(47-25-13-4-14-26-47)60-56(48-27-15-5-16-28-48)54(52)45-23-11-3-12-24-45/h1-39H. The lowest BCUT2D eigenvalue weighted by atomic mass is 9.83. The second kappa shape index (κ2) is 16.5. The molecule has 282 valence electrons. The van der Waals surface area contributed by atoms with Crippen LogP contribution in [0.5, 0.6) is 0 Å². The van der Waals surface area contributed by atoms with Crippen LogP contribution in [0.3, 0.4) is 0 Å². The molecule has 0 spiro atoms. The fourth-order valence-corrected chi connectivity index (χ4v) is 7.99. The fourth-order valence-electron chi connectivity index (χ4n) is 7.99. The first-order valence-electron chi connectivity index (χ1n) is 20.3. The molecule has 3 nitrogen and oxygen atoms in total. The van der Waals surface area contributed by atoms with Crippen molar-refractivity contribution in [1.82, 2.24) is 15.0 Å². The van der Waals surface area contributed by atoms with Crippen LogP contribution in [0, 0.1) is 0 Å². The van der Waals surface area contributed by atoms with Crippen LogP contribution in [0.15, 0.2) is 237 Å². The van der Waals surface area contributed by atoms with Crippen molar-refractivity contribution in [2.24, 2.45) is 0 Å². The highest BCUT2D eigenvalue weighted by molar-refractivity contribution is 6.05. The minimum absolute atomic E-state index is 0.686. The van der Waals surface area contributed by atoms with Crippen molar-refractivity contribution in [3.63, 3.8) is 0 Å². The Morgan fingerprint density at radius 3 is 0.883 bits per heavy atom. The zero-order chi connectivity index (χ0) is 40.1. The number of benzene rings is 8. The average Bonchev–Trinajstić information content (AvgIpc) is 3.35. The molecule has 0 N–H and O–H groups in total. The summed E-state index contributed by atoms with van der Waals surface area (Å²) in [6.07, 6.45) is 0. The van der Waals surface area contributed by atoms with Gasteiger partial charge in [0.2, 0.25) is 0 Å². The third-order valence-electron chi connectivity index (χ3n) is 10.9. The molecule has 0 radical (unpaired) electrons. The molecule has 10 rings (SSSR count). The lowest BCUT2D eigenvalue weighted by molar-refractivity contribution is 1.18. The zero-order valence-electron chi connectivity index (χ0n) is 32.9. The molecule has 60 heavy (non-hydrogen) atoms. The van der Waals surface area contributed by atoms with Crippen LogP contribution < -0.4 is 0 Å². The molecular formula is C57H39N3. The van der Waals surface area contributed by atoms with Crippen molar-refractivity contribution in [2.45, 2.75) is 0 Å². The summed E-state index contributed by atoms with van der Waals surface area (Å²) in [4.78, 5) is 15.9. The van der Waals surface area contributed by atoms with E-state index in [2.05, 4.69) is 212 Å². The molecule has 0 aliphatic carbocycles. The van der Waals surface area contributed by atoms with Gasteiger partial charge in [-0.3, -0.25) is 0 Å². The molecule has 0 fully saturated rings. The van der Waals surface area contributed by atoms with Crippen molar-refractivity contribution < 1.29 is 0 Å². The Hall–Kier alpha value is -8.01. The average molecular weight is 766 g/mol. The van der Waals surface area contributed by atoms with E-state index in [1.54, 1.807) is 0 Å². The number of rotatable bonds is 9. The Morgan fingerprint density at radius 1 is 0.200 bits per heavy atom. The lowest BCUT2D eigenvalue weighted by Crippen LogP contribution is -2.01. The van der Waals surface area contributed by atoms with Gasteiger partial charge < -0.3 is 0 Å². The van der Waals surface area contributed by atoms with Gasteiger partial charge in [0.1, 0.15) is 0 Å². The molecule has 0 atom stereocenters. The van der Waals surface area contributed by atoms with Crippen molar-refractivity contribution >= 4 is 0 Å². The summed E-state index contributed by atoms with van der Waals surface area (Å²) in [5, 5.41) is 0. The molecule has 2 heterocycles. The Balaban J connectivity index is 1.18. The summed E-state index contributed by atoms with van der Waals surface area (Å²) < 4.78 is 0. The normalized spacial score (nSPS) is 11.0. The minimum atomic E-state index is 0.686. The van der Waals surface area contributed by atoms with Crippen LogP contribution in [0.4, 0.5) is 0 Å². The van der Waals surface area contributed by atoms with Crippen LogP contribution in [-0.4, -0.2) is 15.0 Å². The molecule has 8 aromatic carbocycles. The van der Waals surface area contributed by atoms with E-state index in [0.717, 1.165) is 84.0 Å². The quantitative estimate of drug-likeness (QED) is 0.147. The third kappa shape index (κ3) is 7.32. The lowest BCUT2D eigenvalue weighted by Gasteiger charge is -2.23. The number of hydrogen-bond acceptors (Lipinski definition) is 3. The predicted molar refractivity (Wildman–Crippen MR) is 249 cm³/mol. The van der Waals surface area contributed by atoms with Crippen molar-refractivity contribution in [2.75, 3.05) is 0 Å². The topological polar surface area (TPSA) is 38.7 Å². The monoisotopic (exact) mass is 765 g/mol. The molecule has 0 aliphatic rings. The van der Waals surface area contributed by atoms with Crippen LogP contribution in [0.2, 0.25) is 0 Å². The highest BCUT2D eigenvalue weighted by Crippen LogP contribution is 2.48. The molecule has 3 heteroatoms. The molecule has 0 bridgehead atoms. The smallest absolute Gasteiger partial charge is 0.160 e. The Labute approximate surface area is 351 Å². The molecular weight excluding hydrogens is 727 g/mol. The van der Waals surface area contributed by atoms with Gasteiger partial charge in [-0.15, -0.1) is 0 Å². The van der Waals surface area contributed by atoms with E-state index in [4.69, 9.17) is 15.0 Å². The van der Waals surface area contributed by atoms with E-state index in [-0.39, 0.29) is 0 Å². The summed E-state index contributed by atoms with van der Waals surface area (Å²) >= 11 is 0. The zero-order valence-corrected chi connectivity index (χ0v) is 32.9. The van der Waals surface area contributed by atoms with E-state index in [1.807, 2.05) is 24.3 Å². The summed E-state index contributed by atoms with van der Waals surface area (Å²) in [7, 11) is 0. The highest BCUT2D eigenvalue weighted by Gasteiger charge is 2.25. The van der Waals surface area contributed by atoms with Gasteiger partial charge in [-0.05, 0) is 33.9 Å². The van der Waals surface area contributed by atoms with E-state index in [0.29, 0.717) is 5.82 Å². The van der Waals surface area contributed by atoms with Crippen LogP contribution in [-0.2, 0) is 0 Å². The van der Waals surface area contributed by atoms with Gasteiger partial charge in [-0.2, -0.15) is 0 Å². The van der Waals surface area contributed by atoms with Crippen LogP contribution in [0.25, 0.3) is 101 Å². The number of aromatic nitrogens is 3. The maximum absolute atomic E-state index is 5.60. The minimum Gasteiger partial charge on any atom is -0.246 e. The molecule has 0 amide bonds. The second-order valence-electron chi connectivity index (χ2n) is 14.7. The number of pyridine rings is 1. The first kappa shape index (κ1) is 36.3. The molecule has 10 aromatic rings. The predicted octanol–water partition coefficient (Wildman–Crippen LogP) is 14.9. The van der Waals surface area contributed by atoms with Gasteiger partial charge in [0, 0.05) is 44.5 Å². The summed E-state index contributed by atoms with van der Waals surface area (Å²) in [5.41, 5.74) is 17.7. The van der Waals surface area contributed by atoms with Crippen molar-refractivity contribution in [1.29, 1.82) is 0 Å². The summed E-state index contributed by atoms with van der Waals surface area (Å²) in [5.74, 6) is 0.686. The number of hydrogen-bond donors (Lipinski definition) is 0. The summed E-state index contributed by atoms with van der Waals surface area (Å²) in [6.45, 7) is 0. The Kier molecular flexibility index (Phi) is 9.97. The van der Waals surface area contributed by atoms with Gasteiger partial charge in [0.05, 0.1) is 22.8 Å². The van der Waals surface area contributed by atoms with Crippen molar-refractivity contribution in [3.8, 4) is 101 Å². The van der Waals surface area contributed by atoms with E-state index >= 15 is 0 Å². The third-order valence-corrected chi connectivity index (χ3v) is 10.9.